The van der Waals surface area contributed by atoms with Gasteiger partial charge >= 0.3 is 0 Å². The van der Waals surface area contributed by atoms with Crippen molar-refractivity contribution in [3.63, 3.8) is 0 Å². The molecule has 3 heterocycles. The minimum Gasteiger partial charge on any atom is -0.339 e. The summed E-state index contributed by atoms with van der Waals surface area (Å²) in [5.41, 5.74) is 2.90. The highest BCUT2D eigenvalue weighted by atomic mass is 35.5. The van der Waals surface area contributed by atoms with Crippen LogP contribution in [-0.4, -0.2) is 63.2 Å². The number of rotatable bonds is 3. The molecule has 5 rings (SSSR count). The number of aromatic amines is 1. The monoisotopic (exact) mass is 483 g/mol. The standard InChI is InChI=1S/C24H23Cl2N5O2/c25-19-4-1-15(20(26)12-19)3-6-23(32)30-9-7-17-13-31(14-18(17)8-10-30)24(33)16-2-5-21-22(11-16)28-29-27-21/h1-6,11-12,17-18H,7-10,13-14H2,(H,27,28,29)/b6-3+/t17-,18+. The predicted octanol–water partition coefficient (Wildman–Crippen LogP) is 4.29. The summed E-state index contributed by atoms with van der Waals surface area (Å²) in [5, 5.41) is 11.7. The number of hydrogen-bond acceptors (Lipinski definition) is 4. The highest BCUT2D eigenvalue weighted by molar-refractivity contribution is 6.35. The van der Waals surface area contributed by atoms with E-state index in [1.165, 1.54) is 0 Å². The fourth-order valence-electron chi connectivity index (χ4n) is 4.79. The fraction of sp³-hybridized carbons (Fsp3) is 0.333. The summed E-state index contributed by atoms with van der Waals surface area (Å²) in [6, 6.07) is 10.7. The number of fused-ring (bicyclic) bond motifs is 2. The average molecular weight is 484 g/mol. The smallest absolute Gasteiger partial charge is 0.253 e. The van der Waals surface area contributed by atoms with E-state index in [-0.39, 0.29) is 11.8 Å². The van der Waals surface area contributed by atoms with E-state index in [9.17, 15) is 9.59 Å². The second-order valence-electron chi connectivity index (χ2n) is 8.68. The minimum atomic E-state index is -0.0187. The van der Waals surface area contributed by atoms with Gasteiger partial charge in [0.1, 0.15) is 5.52 Å². The zero-order valence-electron chi connectivity index (χ0n) is 17.9. The Labute approximate surface area is 201 Å². The van der Waals surface area contributed by atoms with E-state index in [0.29, 0.717) is 46.1 Å². The molecule has 0 saturated carbocycles. The van der Waals surface area contributed by atoms with Crippen LogP contribution in [-0.2, 0) is 4.79 Å². The number of carbonyl (C=O) groups excluding carboxylic acids is 2. The summed E-state index contributed by atoms with van der Waals surface area (Å²) >= 11 is 12.1. The lowest BCUT2D eigenvalue weighted by Crippen LogP contribution is -2.33. The normalized spacial score (nSPS) is 20.9. The Balaban J connectivity index is 1.19. The molecule has 7 nitrogen and oxygen atoms in total. The largest absolute Gasteiger partial charge is 0.339 e. The summed E-state index contributed by atoms with van der Waals surface area (Å²) < 4.78 is 0. The maximum Gasteiger partial charge on any atom is 0.253 e. The van der Waals surface area contributed by atoms with Crippen LogP contribution in [0, 0.1) is 11.8 Å². The molecule has 2 aliphatic rings. The third-order valence-electron chi connectivity index (χ3n) is 6.66. The van der Waals surface area contributed by atoms with Gasteiger partial charge in [0.25, 0.3) is 5.91 Å². The van der Waals surface area contributed by atoms with Gasteiger partial charge in [-0.05, 0) is 66.6 Å². The van der Waals surface area contributed by atoms with Crippen LogP contribution in [0.15, 0.2) is 42.5 Å². The molecule has 9 heteroatoms. The number of carbonyl (C=O) groups is 2. The number of likely N-dealkylation sites (tertiary alicyclic amines) is 2. The van der Waals surface area contributed by atoms with Crippen molar-refractivity contribution in [2.24, 2.45) is 11.8 Å². The minimum absolute atomic E-state index is 0.0187. The van der Waals surface area contributed by atoms with Crippen LogP contribution in [0.2, 0.25) is 10.0 Å². The van der Waals surface area contributed by atoms with E-state index < -0.39 is 0 Å². The van der Waals surface area contributed by atoms with E-state index in [1.54, 1.807) is 36.4 Å². The van der Waals surface area contributed by atoms with E-state index >= 15 is 0 Å². The van der Waals surface area contributed by atoms with Crippen LogP contribution in [0.5, 0.6) is 0 Å². The van der Waals surface area contributed by atoms with Gasteiger partial charge in [0.05, 0.1) is 5.52 Å². The van der Waals surface area contributed by atoms with Crippen molar-refractivity contribution >= 4 is 52.1 Å². The summed E-state index contributed by atoms with van der Waals surface area (Å²) in [6.45, 7) is 2.81. The zero-order valence-corrected chi connectivity index (χ0v) is 19.4. The number of amides is 2. The number of nitrogens with zero attached hydrogens (tertiary/aromatic N) is 4. The van der Waals surface area contributed by atoms with Crippen molar-refractivity contribution in [2.75, 3.05) is 26.2 Å². The van der Waals surface area contributed by atoms with Gasteiger partial charge in [-0.3, -0.25) is 14.7 Å². The van der Waals surface area contributed by atoms with Crippen LogP contribution < -0.4 is 0 Å². The first-order valence-electron chi connectivity index (χ1n) is 11.0. The lowest BCUT2D eigenvalue weighted by atomic mass is 9.92. The molecule has 2 aliphatic heterocycles. The maximum atomic E-state index is 13.1. The first kappa shape index (κ1) is 21.9. The van der Waals surface area contributed by atoms with Crippen molar-refractivity contribution in [3.8, 4) is 0 Å². The third kappa shape index (κ3) is 4.61. The van der Waals surface area contributed by atoms with Gasteiger partial charge in [0.2, 0.25) is 5.91 Å². The molecule has 170 valence electrons. The second-order valence-corrected chi connectivity index (χ2v) is 9.52. The third-order valence-corrected chi connectivity index (χ3v) is 7.22. The van der Waals surface area contributed by atoms with E-state index in [1.807, 2.05) is 21.9 Å². The summed E-state index contributed by atoms with van der Waals surface area (Å²) in [6.07, 6.45) is 5.08. The number of nitrogens with one attached hydrogen (secondary N) is 1. The van der Waals surface area contributed by atoms with Crippen molar-refractivity contribution < 1.29 is 9.59 Å². The topological polar surface area (TPSA) is 82.2 Å². The Hall–Kier alpha value is -2.90. The Kier molecular flexibility index (Phi) is 6.08. The first-order valence-corrected chi connectivity index (χ1v) is 11.8. The van der Waals surface area contributed by atoms with Crippen molar-refractivity contribution in [1.82, 2.24) is 25.2 Å². The summed E-state index contributed by atoms with van der Waals surface area (Å²) in [5.74, 6) is 0.813. The zero-order chi connectivity index (χ0) is 22.9. The van der Waals surface area contributed by atoms with Gasteiger partial charge in [-0.15, -0.1) is 5.10 Å². The highest BCUT2D eigenvalue weighted by Crippen LogP contribution is 2.33. The Bertz CT molecular complexity index is 1220. The Morgan fingerprint density at radius 3 is 2.48 bits per heavy atom. The van der Waals surface area contributed by atoms with Crippen LogP contribution >= 0.6 is 23.2 Å². The van der Waals surface area contributed by atoms with Crippen molar-refractivity contribution in [1.29, 1.82) is 0 Å². The molecule has 0 spiro atoms. The molecule has 0 radical (unpaired) electrons. The molecular weight excluding hydrogens is 461 g/mol. The molecule has 0 bridgehead atoms. The molecule has 2 fully saturated rings. The van der Waals surface area contributed by atoms with Crippen LogP contribution in [0.4, 0.5) is 0 Å². The lowest BCUT2D eigenvalue weighted by molar-refractivity contribution is -0.126. The molecule has 2 amide bonds. The van der Waals surface area contributed by atoms with E-state index in [0.717, 1.165) is 37.0 Å². The molecule has 0 aliphatic carbocycles. The summed E-state index contributed by atoms with van der Waals surface area (Å²) in [7, 11) is 0. The molecule has 1 N–H and O–H groups in total. The van der Waals surface area contributed by atoms with Gasteiger partial charge in [0, 0.05) is 47.9 Å². The molecule has 0 unspecified atom stereocenters. The van der Waals surface area contributed by atoms with E-state index in [2.05, 4.69) is 15.4 Å². The highest BCUT2D eigenvalue weighted by Gasteiger charge is 2.37. The Morgan fingerprint density at radius 2 is 1.76 bits per heavy atom. The molecule has 33 heavy (non-hydrogen) atoms. The lowest BCUT2D eigenvalue weighted by Gasteiger charge is -2.21. The number of hydrogen-bond donors (Lipinski definition) is 1. The molecule has 2 saturated heterocycles. The molecule has 3 aromatic rings. The van der Waals surface area contributed by atoms with Crippen LogP contribution in [0.3, 0.4) is 0 Å². The number of aromatic nitrogens is 3. The van der Waals surface area contributed by atoms with Crippen molar-refractivity contribution in [3.05, 3.63) is 63.6 Å². The average Bonchev–Trinajstić information content (AvgIpc) is 3.39. The number of benzene rings is 2. The van der Waals surface area contributed by atoms with Crippen LogP contribution in [0.25, 0.3) is 17.1 Å². The fourth-order valence-corrected chi connectivity index (χ4v) is 5.27. The van der Waals surface area contributed by atoms with Crippen LogP contribution in [0.1, 0.15) is 28.8 Å². The van der Waals surface area contributed by atoms with Gasteiger partial charge in [0.15, 0.2) is 0 Å². The number of halogens is 2. The maximum absolute atomic E-state index is 13.1. The number of H-pyrrole nitrogens is 1. The van der Waals surface area contributed by atoms with Gasteiger partial charge in [-0.1, -0.05) is 34.5 Å². The van der Waals surface area contributed by atoms with Crippen molar-refractivity contribution in [2.45, 2.75) is 12.8 Å². The molecular formula is C24H23Cl2N5O2. The SMILES string of the molecule is O=C(/C=C/c1ccc(Cl)cc1Cl)N1CC[C@@H]2CN(C(=O)c3ccc4[nH]nnc4c3)C[C@@H]2CC1. The van der Waals surface area contributed by atoms with E-state index in [4.69, 9.17) is 23.2 Å². The molecule has 2 aromatic carbocycles. The predicted molar refractivity (Wildman–Crippen MR) is 128 cm³/mol. The molecule has 2 atom stereocenters. The molecule has 1 aromatic heterocycles. The Morgan fingerprint density at radius 1 is 1.00 bits per heavy atom. The first-order chi connectivity index (χ1) is 16.0. The second kappa shape index (κ2) is 9.15. The van der Waals surface area contributed by atoms with Gasteiger partial charge in [-0.2, -0.15) is 0 Å². The van der Waals surface area contributed by atoms with Gasteiger partial charge in [-0.25, -0.2) is 0 Å². The summed E-state index contributed by atoms with van der Waals surface area (Å²) in [4.78, 5) is 29.6. The quantitative estimate of drug-likeness (QED) is 0.563. The van der Waals surface area contributed by atoms with Gasteiger partial charge < -0.3 is 9.80 Å².